The molecule has 1 N–H and O–H groups in total. The lowest BCUT2D eigenvalue weighted by Crippen LogP contribution is -2.36. The minimum absolute atomic E-state index is 0.112. The lowest BCUT2D eigenvalue weighted by molar-refractivity contribution is -0.385. The molecule has 0 aliphatic heterocycles. The Morgan fingerprint density at radius 1 is 1.41 bits per heavy atom. The van der Waals surface area contributed by atoms with Gasteiger partial charge in [0, 0.05) is 18.7 Å². The molecule has 1 aliphatic carbocycles. The minimum Gasteiger partial charge on any atom is -0.490 e. The van der Waals surface area contributed by atoms with Crippen molar-refractivity contribution in [3.05, 3.63) is 33.9 Å². The van der Waals surface area contributed by atoms with Crippen molar-refractivity contribution in [3.8, 4) is 5.75 Å². The summed E-state index contributed by atoms with van der Waals surface area (Å²) >= 11 is 0. The summed E-state index contributed by atoms with van der Waals surface area (Å²) < 4.78 is 4.98. The van der Waals surface area contributed by atoms with Gasteiger partial charge < -0.3 is 14.7 Å². The van der Waals surface area contributed by atoms with Crippen LogP contribution in [0.2, 0.25) is 0 Å². The number of likely N-dealkylation sites (N-methyl/N-ethyl adjacent to an activating group) is 1. The summed E-state index contributed by atoms with van der Waals surface area (Å²) in [5.41, 5.74) is 0.439. The summed E-state index contributed by atoms with van der Waals surface area (Å²) in [5, 5.41) is 21.4. The maximum absolute atomic E-state index is 11.1. The second kappa shape index (κ2) is 7.56. The van der Waals surface area contributed by atoms with E-state index >= 15 is 0 Å². The van der Waals surface area contributed by atoms with Crippen molar-refractivity contribution in [1.82, 2.24) is 4.90 Å². The monoisotopic (exact) mass is 308 g/mol. The van der Waals surface area contributed by atoms with E-state index in [1.165, 1.54) is 38.5 Å². The normalized spacial score (nSPS) is 17.5. The van der Waals surface area contributed by atoms with Gasteiger partial charge in [0.15, 0.2) is 5.75 Å². The van der Waals surface area contributed by atoms with Crippen LogP contribution in [-0.2, 0) is 0 Å². The number of benzene rings is 1. The second-order valence-electron chi connectivity index (χ2n) is 5.94. The van der Waals surface area contributed by atoms with E-state index in [0.29, 0.717) is 18.2 Å². The molecule has 1 aliphatic rings. The molecule has 0 spiro atoms. The molecule has 1 unspecified atom stereocenters. The maximum atomic E-state index is 11.1. The molecule has 0 amide bonds. The molecule has 2 rings (SSSR count). The van der Waals surface area contributed by atoms with Crippen LogP contribution in [0.5, 0.6) is 5.75 Å². The van der Waals surface area contributed by atoms with Crippen LogP contribution >= 0.6 is 0 Å². The summed E-state index contributed by atoms with van der Waals surface area (Å²) in [7, 11) is 3.41. The number of methoxy groups -OCH3 is 1. The van der Waals surface area contributed by atoms with Crippen LogP contribution in [0.4, 0.5) is 5.69 Å². The second-order valence-corrected chi connectivity index (χ2v) is 5.94. The highest BCUT2D eigenvalue weighted by Crippen LogP contribution is 2.30. The van der Waals surface area contributed by atoms with Gasteiger partial charge in [0.1, 0.15) is 0 Å². The molecule has 0 bridgehead atoms. The van der Waals surface area contributed by atoms with Gasteiger partial charge in [-0.1, -0.05) is 25.3 Å². The van der Waals surface area contributed by atoms with Crippen LogP contribution in [0.25, 0.3) is 0 Å². The Morgan fingerprint density at radius 3 is 2.68 bits per heavy atom. The van der Waals surface area contributed by atoms with Gasteiger partial charge in [-0.3, -0.25) is 10.1 Å². The molecule has 0 radical (unpaired) electrons. The number of ether oxygens (including phenoxy) is 1. The van der Waals surface area contributed by atoms with Crippen molar-refractivity contribution < 1.29 is 14.8 Å². The van der Waals surface area contributed by atoms with E-state index in [0.717, 1.165) is 12.8 Å². The fourth-order valence-electron chi connectivity index (χ4n) is 3.11. The van der Waals surface area contributed by atoms with Crippen molar-refractivity contribution in [2.24, 2.45) is 0 Å². The molecular weight excluding hydrogens is 284 g/mol. The zero-order chi connectivity index (χ0) is 16.1. The molecule has 1 saturated carbocycles. The average molecular weight is 308 g/mol. The quantitative estimate of drug-likeness (QED) is 0.646. The third kappa shape index (κ3) is 3.96. The van der Waals surface area contributed by atoms with Crippen LogP contribution < -0.4 is 4.74 Å². The van der Waals surface area contributed by atoms with E-state index in [9.17, 15) is 15.2 Å². The van der Waals surface area contributed by atoms with Crippen LogP contribution in [0, 0.1) is 10.1 Å². The Kier molecular flexibility index (Phi) is 5.74. The van der Waals surface area contributed by atoms with Crippen molar-refractivity contribution >= 4 is 5.69 Å². The fourth-order valence-corrected chi connectivity index (χ4v) is 3.11. The van der Waals surface area contributed by atoms with Gasteiger partial charge in [0.2, 0.25) is 0 Å². The van der Waals surface area contributed by atoms with Gasteiger partial charge in [-0.05, 0) is 31.5 Å². The highest BCUT2D eigenvalue weighted by Gasteiger charge is 2.23. The molecule has 1 aromatic rings. The van der Waals surface area contributed by atoms with Crippen LogP contribution in [-0.4, -0.2) is 41.7 Å². The first kappa shape index (κ1) is 16.7. The van der Waals surface area contributed by atoms with Crippen molar-refractivity contribution in [3.63, 3.8) is 0 Å². The lowest BCUT2D eigenvalue weighted by Gasteiger charge is -2.32. The molecule has 6 nitrogen and oxygen atoms in total. The summed E-state index contributed by atoms with van der Waals surface area (Å²) in [4.78, 5) is 12.7. The Labute approximate surface area is 130 Å². The predicted octanol–water partition coefficient (Wildman–Crippen LogP) is 2.90. The van der Waals surface area contributed by atoms with Crippen LogP contribution in [0.3, 0.4) is 0 Å². The molecule has 0 heterocycles. The number of hydrogen-bond donors (Lipinski definition) is 1. The van der Waals surface area contributed by atoms with Crippen LogP contribution in [0.15, 0.2) is 18.2 Å². The lowest BCUT2D eigenvalue weighted by atomic mass is 9.94. The molecule has 1 atom stereocenters. The zero-order valence-corrected chi connectivity index (χ0v) is 13.2. The van der Waals surface area contributed by atoms with E-state index in [1.54, 1.807) is 6.07 Å². The Bertz CT molecular complexity index is 515. The Morgan fingerprint density at radius 2 is 2.09 bits per heavy atom. The maximum Gasteiger partial charge on any atom is 0.311 e. The molecule has 22 heavy (non-hydrogen) atoms. The first-order chi connectivity index (χ1) is 10.5. The molecular formula is C16H24N2O4. The first-order valence-electron chi connectivity index (χ1n) is 7.73. The third-order valence-corrected chi connectivity index (χ3v) is 4.44. The number of nitro groups is 1. The topological polar surface area (TPSA) is 75.8 Å². The van der Waals surface area contributed by atoms with E-state index < -0.39 is 11.0 Å². The zero-order valence-electron chi connectivity index (χ0n) is 13.2. The summed E-state index contributed by atoms with van der Waals surface area (Å²) in [6.45, 7) is 0.480. The summed E-state index contributed by atoms with van der Waals surface area (Å²) in [6.07, 6.45) is 5.34. The van der Waals surface area contributed by atoms with Gasteiger partial charge in [-0.15, -0.1) is 0 Å². The smallest absolute Gasteiger partial charge is 0.311 e. The van der Waals surface area contributed by atoms with Crippen LogP contribution in [0.1, 0.15) is 43.8 Å². The number of aliphatic hydroxyl groups is 1. The first-order valence-corrected chi connectivity index (χ1v) is 7.73. The molecule has 1 aromatic carbocycles. The highest BCUT2D eigenvalue weighted by atomic mass is 16.6. The van der Waals surface area contributed by atoms with Gasteiger partial charge in [-0.2, -0.15) is 0 Å². The molecule has 0 aromatic heterocycles. The van der Waals surface area contributed by atoms with Crippen molar-refractivity contribution in [1.29, 1.82) is 0 Å². The van der Waals surface area contributed by atoms with Gasteiger partial charge >= 0.3 is 5.69 Å². The number of rotatable bonds is 6. The molecule has 1 fully saturated rings. The minimum atomic E-state index is -0.739. The standard InChI is InChI=1S/C16H24N2O4/c1-17(13-6-4-3-5-7-13)11-15(19)12-8-9-16(22-2)14(10-12)18(20)21/h8-10,13,15,19H,3-7,11H2,1-2H3. The molecule has 6 heteroatoms. The van der Waals surface area contributed by atoms with E-state index in [2.05, 4.69) is 4.90 Å². The predicted molar refractivity (Wildman–Crippen MR) is 84.1 cm³/mol. The molecule has 122 valence electrons. The van der Waals surface area contributed by atoms with Gasteiger partial charge in [0.05, 0.1) is 18.1 Å². The number of hydrogen-bond acceptors (Lipinski definition) is 5. The molecule has 0 saturated heterocycles. The third-order valence-electron chi connectivity index (χ3n) is 4.44. The fraction of sp³-hybridized carbons (Fsp3) is 0.625. The van der Waals surface area contributed by atoms with Gasteiger partial charge in [-0.25, -0.2) is 0 Å². The summed E-state index contributed by atoms with van der Waals surface area (Å²) in [5.74, 6) is 0.210. The average Bonchev–Trinajstić information content (AvgIpc) is 2.54. The summed E-state index contributed by atoms with van der Waals surface area (Å²) in [6, 6.07) is 5.12. The highest BCUT2D eigenvalue weighted by molar-refractivity contribution is 5.49. The van der Waals surface area contributed by atoms with E-state index in [4.69, 9.17) is 4.74 Å². The number of nitrogens with zero attached hydrogens (tertiary/aromatic N) is 2. The van der Waals surface area contributed by atoms with Gasteiger partial charge in [0.25, 0.3) is 0 Å². The number of nitro benzene ring substituents is 1. The number of aliphatic hydroxyl groups excluding tert-OH is 1. The van der Waals surface area contributed by atoms with E-state index in [1.807, 2.05) is 7.05 Å². The largest absolute Gasteiger partial charge is 0.490 e. The SMILES string of the molecule is COc1ccc(C(O)CN(C)C2CCCCC2)cc1[N+](=O)[O-]. The van der Waals surface area contributed by atoms with Crippen molar-refractivity contribution in [2.45, 2.75) is 44.2 Å². The van der Waals surface area contributed by atoms with E-state index in [-0.39, 0.29) is 11.4 Å². The Balaban J connectivity index is 2.06. The van der Waals surface area contributed by atoms with Crippen molar-refractivity contribution in [2.75, 3.05) is 20.7 Å². The Hall–Kier alpha value is -1.66.